The largest absolute Gasteiger partial charge is 0.428 e. The number of hydrogen-bond donors (Lipinski definition) is 2. The first kappa shape index (κ1) is 9.27. The van der Waals surface area contributed by atoms with Gasteiger partial charge in [-0.25, -0.2) is 4.98 Å². The molecular formula is C10H15N3O. The Morgan fingerprint density at radius 2 is 2.50 bits per heavy atom. The Morgan fingerprint density at radius 3 is 3.14 bits per heavy atom. The van der Waals surface area contributed by atoms with E-state index in [0.717, 1.165) is 18.6 Å². The van der Waals surface area contributed by atoms with Gasteiger partial charge in [-0.15, -0.1) is 0 Å². The Hall–Kier alpha value is -1.29. The van der Waals surface area contributed by atoms with Crippen molar-refractivity contribution in [3.05, 3.63) is 24.1 Å². The number of nitrogens with two attached hydrogens (primary N) is 1. The summed E-state index contributed by atoms with van der Waals surface area (Å²) in [6, 6.07) is 0.802. The first-order chi connectivity index (χ1) is 6.84. The molecule has 4 heteroatoms. The molecule has 0 spiro atoms. The van der Waals surface area contributed by atoms with Gasteiger partial charge in [0.05, 0.1) is 12.7 Å². The van der Waals surface area contributed by atoms with E-state index in [-0.39, 0.29) is 6.01 Å². The van der Waals surface area contributed by atoms with Crippen molar-refractivity contribution in [2.75, 3.05) is 5.73 Å². The minimum absolute atomic E-state index is 0.241. The standard InChI is InChI=1S/C10H15N3O/c11-10-13-7-9(14-10)6-12-8-4-2-1-3-5-8/h1-2,7-8,12H,3-6H2,(H2,11,13). The lowest BCUT2D eigenvalue weighted by Gasteiger charge is -2.18. The highest BCUT2D eigenvalue weighted by molar-refractivity contribution is 5.10. The summed E-state index contributed by atoms with van der Waals surface area (Å²) >= 11 is 0. The van der Waals surface area contributed by atoms with Crippen LogP contribution in [0, 0.1) is 0 Å². The van der Waals surface area contributed by atoms with Crippen molar-refractivity contribution < 1.29 is 4.42 Å². The molecule has 3 N–H and O–H groups in total. The number of aromatic nitrogens is 1. The lowest BCUT2D eigenvalue weighted by atomic mass is 10.0. The average Bonchev–Trinajstić information content (AvgIpc) is 2.63. The molecular weight excluding hydrogens is 178 g/mol. The van der Waals surface area contributed by atoms with Gasteiger partial charge in [-0.1, -0.05) is 12.2 Å². The zero-order chi connectivity index (χ0) is 9.80. The van der Waals surface area contributed by atoms with Crippen molar-refractivity contribution in [2.24, 2.45) is 0 Å². The van der Waals surface area contributed by atoms with Crippen LogP contribution < -0.4 is 11.1 Å². The third kappa shape index (κ3) is 2.35. The Labute approximate surface area is 83.2 Å². The third-order valence-electron chi connectivity index (χ3n) is 2.41. The molecule has 0 radical (unpaired) electrons. The summed E-state index contributed by atoms with van der Waals surface area (Å²) in [5, 5.41) is 3.41. The number of rotatable bonds is 3. The van der Waals surface area contributed by atoms with Gasteiger partial charge in [0, 0.05) is 6.04 Å². The number of nitrogens with zero attached hydrogens (tertiary/aromatic N) is 1. The summed E-state index contributed by atoms with van der Waals surface area (Å²) < 4.78 is 5.16. The van der Waals surface area contributed by atoms with Crippen LogP contribution in [0.4, 0.5) is 6.01 Å². The summed E-state index contributed by atoms with van der Waals surface area (Å²) in [4.78, 5) is 3.84. The molecule has 1 atom stereocenters. The molecule has 0 aromatic carbocycles. The average molecular weight is 193 g/mol. The van der Waals surface area contributed by atoms with Crippen LogP contribution in [0.25, 0.3) is 0 Å². The van der Waals surface area contributed by atoms with Crippen molar-refractivity contribution in [2.45, 2.75) is 31.8 Å². The van der Waals surface area contributed by atoms with E-state index in [9.17, 15) is 0 Å². The molecule has 1 aliphatic carbocycles. The maximum atomic E-state index is 5.37. The maximum Gasteiger partial charge on any atom is 0.292 e. The molecule has 1 aromatic rings. The van der Waals surface area contributed by atoms with E-state index in [4.69, 9.17) is 10.2 Å². The van der Waals surface area contributed by atoms with Crippen LogP contribution >= 0.6 is 0 Å². The second-order valence-corrected chi connectivity index (χ2v) is 3.53. The van der Waals surface area contributed by atoms with E-state index in [2.05, 4.69) is 22.5 Å². The van der Waals surface area contributed by atoms with Gasteiger partial charge in [-0.05, 0) is 19.3 Å². The minimum Gasteiger partial charge on any atom is -0.428 e. The Bertz CT molecular complexity index is 319. The van der Waals surface area contributed by atoms with Crippen molar-refractivity contribution >= 4 is 6.01 Å². The Kier molecular flexibility index (Phi) is 2.84. The van der Waals surface area contributed by atoms with Gasteiger partial charge in [0.1, 0.15) is 5.76 Å². The molecule has 1 heterocycles. The number of nitrogens with one attached hydrogen (secondary N) is 1. The van der Waals surface area contributed by atoms with E-state index < -0.39 is 0 Å². The van der Waals surface area contributed by atoms with E-state index >= 15 is 0 Å². The van der Waals surface area contributed by atoms with Gasteiger partial charge in [-0.2, -0.15) is 0 Å². The van der Waals surface area contributed by atoms with Crippen molar-refractivity contribution in [3.63, 3.8) is 0 Å². The molecule has 0 saturated heterocycles. The van der Waals surface area contributed by atoms with Crippen LogP contribution in [0.2, 0.25) is 0 Å². The molecule has 1 unspecified atom stereocenters. The van der Waals surface area contributed by atoms with E-state index in [0.29, 0.717) is 12.6 Å². The molecule has 0 fully saturated rings. The molecule has 1 aliphatic rings. The topological polar surface area (TPSA) is 64.1 Å². The zero-order valence-electron chi connectivity index (χ0n) is 8.07. The van der Waals surface area contributed by atoms with Gasteiger partial charge < -0.3 is 15.5 Å². The highest BCUT2D eigenvalue weighted by Gasteiger charge is 2.09. The first-order valence-corrected chi connectivity index (χ1v) is 4.93. The summed E-state index contributed by atoms with van der Waals surface area (Å²) in [7, 11) is 0. The SMILES string of the molecule is Nc1ncc(CNC2CC=CCC2)o1. The van der Waals surface area contributed by atoms with Gasteiger partial charge in [-0.3, -0.25) is 0 Å². The predicted octanol–water partition coefficient (Wildman–Crippen LogP) is 1.46. The molecule has 1 aromatic heterocycles. The van der Waals surface area contributed by atoms with Crippen LogP contribution in [-0.4, -0.2) is 11.0 Å². The quantitative estimate of drug-likeness (QED) is 0.713. The second kappa shape index (κ2) is 4.28. The molecule has 76 valence electrons. The van der Waals surface area contributed by atoms with Crippen LogP contribution in [0.3, 0.4) is 0 Å². The fraction of sp³-hybridized carbons (Fsp3) is 0.500. The summed E-state index contributed by atoms with van der Waals surface area (Å²) in [5.74, 6) is 0.803. The molecule has 4 nitrogen and oxygen atoms in total. The lowest BCUT2D eigenvalue weighted by Crippen LogP contribution is -2.28. The molecule has 0 amide bonds. The highest BCUT2D eigenvalue weighted by Crippen LogP contribution is 2.12. The Balaban J connectivity index is 1.79. The highest BCUT2D eigenvalue weighted by atomic mass is 16.4. The fourth-order valence-electron chi connectivity index (χ4n) is 1.63. The monoisotopic (exact) mass is 193 g/mol. The number of oxazole rings is 1. The van der Waals surface area contributed by atoms with Gasteiger partial charge in [0.25, 0.3) is 6.01 Å². The van der Waals surface area contributed by atoms with Crippen molar-refractivity contribution in [3.8, 4) is 0 Å². The molecule has 2 rings (SSSR count). The molecule has 0 aliphatic heterocycles. The van der Waals surface area contributed by atoms with Gasteiger partial charge in [0.15, 0.2) is 0 Å². The van der Waals surface area contributed by atoms with Crippen LogP contribution in [0.15, 0.2) is 22.8 Å². The van der Waals surface area contributed by atoms with Gasteiger partial charge in [0.2, 0.25) is 0 Å². The van der Waals surface area contributed by atoms with E-state index in [1.807, 2.05) is 0 Å². The minimum atomic E-state index is 0.241. The second-order valence-electron chi connectivity index (χ2n) is 3.53. The van der Waals surface area contributed by atoms with E-state index in [1.54, 1.807) is 6.20 Å². The normalized spacial score (nSPS) is 21.3. The molecule has 0 bridgehead atoms. The lowest BCUT2D eigenvalue weighted by molar-refractivity contribution is 0.430. The number of nitrogen functional groups attached to an aromatic ring is 1. The fourth-order valence-corrected chi connectivity index (χ4v) is 1.63. The summed E-state index contributed by atoms with van der Waals surface area (Å²) in [5.41, 5.74) is 5.37. The number of hydrogen-bond acceptors (Lipinski definition) is 4. The number of anilines is 1. The van der Waals surface area contributed by atoms with Crippen LogP contribution in [-0.2, 0) is 6.54 Å². The summed E-state index contributed by atoms with van der Waals surface area (Å²) in [6.45, 7) is 0.711. The zero-order valence-corrected chi connectivity index (χ0v) is 8.07. The smallest absolute Gasteiger partial charge is 0.292 e. The third-order valence-corrected chi connectivity index (χ3v) is 2.41. The molecule has 14 heavy (non-hydrogen) atoms. The maximum absolute atomic E-state index is 5.37. The van der Waals surface area contributed by atoms with E-state index in [1.165, 1.54) is 6.42 Å². The summed E-state index contributed by atoms with van der Waals surface area (Å²) in [6.07, 6.45) is 9.57. The Morgan fingerprint density at radius 1 is 1.57 bits per heavy atom. The van der Waals surface area contributed by atoms with Crippen molar-refractivity contribution in [1.29, 1.82) is 0 Å². The predicted molar refractivity (Wildman–Crippen MR) is 54.5 cm³/mol. The molecule has 0 saturated carbocycles. The van der Waals surface area contributed by atoms with Gasteiger partial charge >= 0.3 is 0 Å². The van der Waals surface area contributed by atoms with Crippen molar-refractivity contribution in [1.82, 2.24) is 10.3 Å². The van der Waals surface area contributed by atoms with Crippen LogP contribution in [0.5, 0.6) is 0 Å². The first-order valence-electron chi connectivity index (χ1n) is 4.93. The number of allylic oxidation sites excluding steroid dienone is 1. The van der Waals surface area contributed by atoms with Crippen LogP contribution in [0.1, 0.15) is 25.0 Å².